The standard InChI is InChI=1S/C13H14F3N3O/c1-2-7-19-10(11(17)18-12(19)20)8-3-5-9(6-4-8)13(14,15)16/h3-6,10H,2,7H2,1H3,(H2,17,18,20). The molecule has 0 aliphatic carbocycles. The monoisotopic (exact) mass is 285 g/mol. The molecule has 7 heteroatoms. The molecular formula is C13H14F3N3O. The fourth-order valence-electron chi connectivity index (χ4n) is 2.18. The van der Waals surface area contributed by atoms with Crippen LogP contribution in [0.4, 0.5) is 18.0 Å². The van der Waals surface area contributed by atoms with Gasteiger partial charge in [-0.2, -0.15) is 18.2 Å². The van der Waals surface area contributed by atoms with Crippen LogP contribution in [0, 0.1) is 0 Å². The van der Waals surface area contributed by atoms with Crippen LogP contribution in [-0.2, 0) is 6.18 Å². The summed E-state index contributed by atoms with van der Waals surface area (Å²) in [5.41, 5.74) is 5.50. The van der Waals surface area contributed by atoms with Crippen LogP contribution >= 0.6 is 0 Å². The van der Waals surface area contributed by atoms with Crippen molar-refractivity contribution in [1.29, 1.82) is 0 Å². The van der Waals surface area contributed by atoms with Gasteiger partial charge in [0.25, 0.3) is 0 Å². The van der Waals surface area contributed by atoms with Crippen molar-refractivity contribution in [3.8, 4) is 0 Å². The average Bonchev–Trinajstić information content (AvgIpc) is 2.64. The fourth-order valence-corrected chi connectivity index (χ4v) is 2.18. The zero-order valence-electron chi connectivity index (χ0n) is 10.8. The number of amidine groups is 1. The Morgan fingerprint density at radius 3 is 2.40 bits per heavy atom. The molecule has 1 aliphatic rings. The lowest BCUT2D eigenvalue weighted by Crippen LogP contribution is -2.33. The summed E-state index contributed by atoms with van der Waals surface area (Å²) in [5.74, 6) is 0.114. The molecule has 0 aromatic heterocycles. The Kier molecular flexibility index (Phi) is 3.69. The van der Waals surface area contributed by atoms with Crippen LogP contribution in [0.25, 0.3) is 0 Å². The second-order valence-electron chi connectivity index (χ2n) is 4.53. The number of carbonyl (C=O) groups excluding carboxylic acids is 1. The molecule has 1 atom stereocenters. The maximum absolute atomic E-state index is 12.5. The average molecular weight is 285 g/mol. The first-order valence-electron chi connectivity index (χ1n) is 6.16. The first kappa shape index (κ1) is 14.4. The number of amides is 2. The highest BCUT2D eigenvalue weighted by Gasteiger charge is 2.35. The van der Waals surface area contributed by atoms with Gasteiger partial charge in [0.1, 0.15) is 11.9 Å². The summed E-state index contributed by atoms with van der Waals surface area (Å²) in [4.78, 5) is 16.8. The predicted molar refractivity (Wildman–Crippen MR) is 68.2 cm³/mol. The number of nitrogens with zero attached hydrogens (tertiary/aromatic N) is 2. The van der Waals surface area contributed by atoms with E-state index < -0.39 is 23.8 Å². The number of benzene rings is 1. The van der Waals surface area contributed by atoms with Crippen LogP contribution in [0.15, 0.2) is 29.3 Å². The van der Waals surface area contributed by atoms with Gasteiger partial charge in [0, 0.05) is 6.54 Å². The molecule has 2 rings (SSSR count). The molecule has 0 saturated heterocycles. The molecule has 20 heavy (non-hydrogen) atoms. The molecule has 2 amide bonds. The maximum atomic E-state index is 12.5. The van der Waals surface area contributed by atoms with Crippen molar-refractivity contribution in [2.24, 2.45) is 10.7 Å². The van der Waals surface area contributed by atoms with Gasteiger partial charge in [0.15, 0.2) is 0 Å². The zero-order valence-corrected chi connectivity index (χ0v) is 10.8. The second kappa shape index (κ2) is 5.15. The smallest absolute Gasteiger partial charge is 0.385 e. The molecule has 0 radical (unpaired) electrons. The Balaban J connectivity index is 2.30. The van der Waals surface area contributed by atoms with E-state index in [1.807, 2.05) is 6.92 Å². The molecule has 1 aliphatic heterocycles. The molecule has 1 unspecified atom stereocenters. The molecule has 1 heterocycles. The molecule has 2 N–H and O–H groups in total. The summed E-state index contributed by atoms with van der Waals surface area (Å²) in [5, 5.41) is 0. The fraction of sp³-hybridized carbons (Fsp3) is 0.385. The number of rotatable bonds is 3. The highest BCUT2D eigenvalue weighted by molar-refractivity contribution is 6.03. The summed E-state index contributed by atoms with van der Waals surface area (Å²) in [6.07, 6.45) is -3.67. The summed E-state index contributed by atoms with van der Waals surface area (Å²) in [6.45, 7) is 2.35. The lowest BCUT2D eigenvalue weighted by Gasteiger charge is -2.24. The highest BCUT2D eigenvalue weighted by Crippen LogP contribution is 2.32. The molecular weight excluding hydrogens is 271 g/mol. The van der Waals surface area contributed by atoms with E-state index in [1.165, 1.54) is 17.0 Å². The first-order chi connectivity index (χ1) is 9.34. The van der Waals surface area contributed by atoms with Crippen LogP contribution in [0.3, 0.4) is 0 Å². The number of hydrogen-bond donors (Lipinski definition) is 1. The van der Waals surface area contributed by atoms with Gasteiger partial charge in [0.2, 0.25) is 0 Å². The van der Waals surface area contributed by atoms with Gasteiger partial charge >= 0.3 is 12.2 Å². The van der Waals surface area contributed by atoms with E-state index >= 15 is 0 Å². The molecule has 0 spiro atoms. The van der Waals surface area contributed by atoms with Crippen molar-refractivity contribution in [2.75, 3.05) is 6.54 Å². The van der Waals surface area contributed by atoms with E-state index in [2.05, 4.69) is 4.99 Å². The maximum Gasteiger partial charge on any atom is 0.416 e. The molecule has 0 fully saturated rings. The van der Waals surface area contributed by atoms with E-state index in [-0.39, 0.29) is 5.84 Å². The number of nitrogens with two attached hydrogens (primary N) is 1. The van der Waals surface area contributed by atoms with Gasteiger partial charge in [-0.3, -0.25) is 0 Å². The Morgan fingerprint density at radius 1 is 1.30 bits per heavy atom. The third kappa shape index (κ3) is 2.61. The summed E-state index contributed by atoms with van der Waals surface area (Å²) in [7, 11) is 0. The van der Waals surface area contributed by atoms with Gasteiger partial charge < -0.3 is 10.6 Å². The third-order valence-electron chi connectivity index (χ3n) is 3.08. The van der Waals surface area contributed by atoms with Crippen molar-refractivity contribution in [1.82, 2.24) is 4.90 Å². The molecule has 0 saturated carbocycles. The first-order valence-corrected chi connectivity index (χ1v) is 6.16. The van der Waals surface area contributed by atoms with Gasteiger partial charge in [0.05, 0.1) is 5.56 Å². The Hall–Kier alpha value is -2.05. The van der Waals surface area contributed by atoms with Gasteiger partial charge in [-0.1, -0.05) is 19.1 Å². The van der Waals surface area contributed by atoms with Crippen molar-refractivity contribution in [3.63, 3.8) is 0 Å². The molecule has 0 bridgehead atoms. The van der Waals surface area contributed by atoms with Crippen molar-refractivity contribution >= 4 is 11.9 Å². The molecule has 1 aromatic carbocycles. The molecule has 1 aromatic rings. The lowest BCUT2D eigenvalue weighted by molar-refractivity contribution is -0.137. The Bertz CT molecular complexity index is 537. The largest absolute Gasteiger partial charge is 0.416 e. The van der Waals surface area contributed by atoms with Gasteiger partial charge in [-0.05, 0) is 24.1 Å². The van der Waals surface area contributed by atoms with E-state index in [0.717, 1.165) is 12.1 Å². The topological polar surface area (TPSA) is 58.7 Å². The highest BCUT2D eigenvalue weighted by atomic mass is 19.4. The van der Waals surface area contributed by atoms with E-state index in [0.29, 0.717) is 18.5 Å². The van der Waals surface area contributed by atoms with E-state index in [9.17, 15) is 18.0 Å². The van der Waals surface area contributed by atoms with Crippen molar-refractivity contribution < 1.29 is 18.0 Å². The normalized spacial score (nSPS) is 19.4. The summed E-state index contributed by atoms with van der Waals surface area (Å²) in [6, 6.07) is 3.60. The second-order valence-corrected chi connectivity index (χ2v) is 4.53. The number of alkyl halides is 3. The number of carbonyl (C=O) groups is 1. The summed E-state index contributed by atoms with van der Waals surface area (Å²) >= 11 is 0. The van der Waals surface area contributed by atoms with E-state index in [1.54, 1.807) is 0 Å². The molecule has 4 nitrogen and oxygen atoms in total. The van der Waals surface area contributed by atoms with Crippen LogP contribution in [0.1, 0.15) is 30.5 Å². The quantitative estimate of drug-likeness (QED) is 0.928. The number of halogens is 3. The minimum atomic E-state index is -4.38. The minimum Gasteiger partial charge on any atom is -0.385 e. The SMILES string of the molecule is CCCN1C(=O)N=C(N)C1c1ccc(C(F)(F)F)cc1. The van der Waals surface area contributed by atoms with Crippen LogP contribution < -0.4 is 5.73 Å². The minimum absolute atomic E-state index is 0.114. The number of aliphatic imine (C=N–C) groups is 1. The summed E-state index contributed by atoms with van der Waals surface area (Å²) < 4.78 is 37.6. The lowest BCUT2D eigenvalue weighted by atomic mass is 10.0. The Labute approximate surface area is 114 Å². The molecule has 108 valence electrons. The predicted octanol–water partition coefficient (Wildman–Crippen LogP) is 2.95. The van der Waals surface area contributed by atoms with Crippen LogP contribution in [-0.4, -0.2) is 23.3 Å². The van der Waals surface area contributed by atoms with Gasteiger partial charge in [-0.25, -0.2) is 4.79 Å². The van der Waals surface area contributed by atoms with Crippen molar-refractivity contribution in [3.05, 3.63) is 35.4 Å². The van der Waals surface area contributed by atoms with Crippen LogP contribution in [0.5, 0.6) is 0 Å². The number of urea groups is 1. The zero-order chi connectivity index (χ0) is 14.9. The third-order valence-corrected chi connectivity index (χ3v) is 3.08. The van der Waals surface area contributed by atoms with Gasteiger partial charge in [-0.15, -0.1) is 0 Å². The Morgan fingerprint density at radius 2 is 1.90 bits per heavy atom. The number of hydrogen-bond acceptors (Lipinski definition) is 2. The van der Waals surface area contributed by atoms with Crippen LogP contribution in [0.2, 0.25) is 0 Å². The van der Waals surface area contributed by atoms with Crippen molar-refractivity contribution in [2.45, 2.75) is 25.6 Å². The van der Waals surface area contributed by atoms with E-state index in [4.69, 9.17) is 5.73 Å².